The average molecular weight is 311 g/mol. The maximum atomic E-state index is 4.68. The molecule has 2 heterocycles. The van der Waals surface area contributed by atoms with E-state index in [0.717, 1.165) is 36.2 Å². The molecule has 0 spiro atoms. The van der Waals surface area contributed by atoms with E-state index in [-0.39, 0.29) is 0 Å². The summed E-state index contributed by atoms with van der Waals surface area (Å²) < 4.78 is 1.79. The van der Waals surface area contributed by atoms with Gasteiger partial charge in [-0.05, 0) is 18.9 Å². The van der Waals surface area contributed by atoms with Crippen LogP contribution in [0.2, 0.25) is 0 Å². The molecular weight excluding hydrogens is 292 g/mol. The number of hydrogen-bond acceptors (Lipinski definition) is 3. The normalized spacial score (nSPS) is 11.3. The summed E-state index contributed by atoms with van der Waals surface area (Å²) in [5, 5.41) is 5.13. The predicted molar refractivity (Wildman–Crippen MR) is 78.5 cm³/mol. The largest absolute Gasteiger partial charge is 0.353 e. The molecule has 0 N–H and O–H groups in total. The van der Waals surface area contributed by atoms with Crippen molar-refractivity contribution in [1.29, 1.82) is 0 Å². The van der Waals surface area contributed by atoms with Crippen molar-refractivity contribution in [3.8, 4) is 0 Å². The Labute approximate surface area is 116 Å². The van der Waals surface area contributed by atoms with Gasteiger partial charge in [-0.1, -0.05) is 29.8 Å². The van der Waals surface area contributed by atoms with Crippen LogP contribution in [0.4, 0.5) is 5.82 Å². The molecule has 0 saturated carbocycles. The van der Waals surface area contributed by atoms with E-state index in [2.05, 4.69) is 44.8 Å². The second kappa shape index (κ2) is 6.18. The summed E-state index contributed by atoms with van der Waals surface area (Å²) in [4.78, 5) is 7.05. The van der Waals surface area contributed by atoms with E-state index in [9.17, 15) is 0 Å². The molecule has 98 valence electrons. The smallest absolute Gasteiger partial charge is 0.157 e. The third-order valence-corrected chi connectivity index (χ3v) is 3.60. The van der Waals surface area contributed by atoms with Gasteiger partial charge in [0, 0.05) is 30.2 Å². The van der Waals surface area contributed by atoms with Crippen molar-refractivity contribution in [3.05, 3.63) is 24.5 Å². The Balaban J connectivity index is 2.33. The van der Waals surface area contributed by atoms with E-state index in [1.165, 1.54) is 0 Å². The predicted octanol–water partition coefficient (Wildman–Crippen LogP) is 3.12. The molecule has 2 aromatic rings. The molecule has 2 aromatic heterocycles. The van der Waals surface area contributed by atoms with Gasteiger partial charge in [-0.15, -0.1) is 0 Å². The molecular formula is C13H19BrN4. The molecule has 0 aromatic carbocycles. The van der Waals surface area contributed by atoms with Gasteiger partial charge >= 0.3 is 0 Å². The molecule has 0 aliphatic carbocycles. The first-order valence-electron chi connectivity index (χ1n) is 6.43. The first-order valence-corrected chi connectivity index (χ1v) is 7.55. The van der Waals surface area contributed by atoms with Crippen molar-refractivity contribution < 1.29 is 0 Å². The number of hydrogen-bond donors (Lipinski definition) is 0. The highest BCUT2D eigenvalue weighted by molar-refractivity contribution is 9.09. The SMILES string of the molecule is CCC(CC)N(CCBr)c1ccn2nccc2n1. The van der Waals surface area contributed by atoms with Crippen LogP contribution in [-0.2, 0) is 0 Å². The van der Waals surface area contributed by atoms with Gasteiger partial charge in [-0.3, -0.25) is 0 Å². The summed E-state index contributed by atoms with van der Waals surface area (Å²) in [6.45, 7) is 5.43. The summed E-state index contributed by atoms with van der Waals surface area (Å²) in [5.41, 5.74) is 0.901. The zero-order valence-corrected chi connectivity index (χ0v) is 12.5. The molecule has 0 amide bonds. The van der Waals surface area contributed by atoms with Crippen LogP contribution in [0.3, 0.4) is 0 Å². The van der Waals surface area contributed by atoms with Gasteiger partial charge in [-0.25, -0.2) is 9.50 Å². The minimum atomic E-state index is 0.542. The van der Waals surface area contributed by atoms with Crippen LogP contribution in [0, 0.1) is 0 Å². The summed E-state index contributed by atoms with van der Waals surface area (Å²) in [6.07, 6.45) is 6.02. The Morgan fingerprint density at radius 3 is 2.78 bits per heavy atom. The first kappa shape index (κ1) is 13.3. The number of anilines is 1. The van der Waals surface area contributed by atoms with Gasteiger partial charge in [-0.2, -0.15) is 5.10 Å². The van der Waals surface area contributed by atoms with Crippen LogP contribution >= 0.6 is 15.9 Å². The fourth-order valence-corrected chi connectivity index (χ4v) is 2.65. The van der Waals surface area contributed by atoms with Gasteiger partial charge in [0.15, 0.2) is 5.65 Å². The zero-order valence-electron chi connectivity index (χ0n) is 10.9. The Bertz CT molecular complexity index is 492. The van der Waals surface area contributed by atoms with Crippen LogP contribution in [0.15, 0.2) is 24.5 Å². The highest BCUT2D eigenvalue weighted by Gasteiger charge is 2.16. The Kier molecular flexibility index (Phi) is 4.58. The maximum Gasteiger partial charge on any atom is 0.157 e. The number of alkyl halides is 1. The standard InChI is InChI=1S/C13H19BrN4/c1-3-11(4-2)17(10-7-14)12-6-9-18-13(16-12)5-8-15-18/h5-6,8-9,11H,3-4,7,10H2,1-2H3. The minimum absolute atomic E-state index is 0.542. The second-order valence-corrected chi connectivity index (χ2v) is 5.07. The highest BCUT2D eigenvalue weighted by Crippen LogP contribution is 2.19. The fourth-order valence-electron chi connectivity index (χ4n) is 2.27. The average Bonchev–Trinajstić information content (AvgIpc) is 2.86. The second-order valence-electron chi connectivity index (χ2n) is 4.27. The van der Waals surface area contributed by atoms with Gasteiger partial charge in [0.1, 0.15) is 5.82 Å². The van der Waals surface area contributed by atoms with Crippen LogP contribution in [-0.4, -0.2) is 32.5 Å². The lowest BCUT2D eigenvalue weighted by atomic mass is 10.1. The topological polar surface area (TPSA) is 33.4 Å². The molecule has 0 unspecified atom stereocenters. The molecule has 0 aliphatic rings. The number of halogens is 1. The molecule has 0 atom stereocenters. The molecule has 0 bridgehead atoms. The molecule has 0 aliphatic heterocycles. The van der Waals surface area contributed by atoms with E-state index in [1.807, 2.05) is 18.3 Å². The lowest BCUT2D eigenvalue weighted by Crippen LogP contribution is -2.36. The Morgan fingerprint density at radius 1 is 1.33 bits per heavy atom. The van der Waals surface area contributed by atoms with Crippen molar-refractivity contribution in [2.24, 2.45) is 0 Å². The molecule has 4 nitrogen and oxygen atoms in total. The fraction of sp³-hybridized carbons (Fsp3) is 0.538. The summed E-state index contributed by atoms with van der Waals surface area (Å²) in [7, 11) is 0. The lowest BCUT2D eigenvalue weighted by Gasteiger charge is -2.31. The number of fused-ring (bicyclic) bond motifs is 1. The quantitative estimate of drug-likeness (QED) is 0.769. The third-order valence-electron chi connectivity index (χ3n) is 3.25. The molecule has 0 saturated heterocycles. The summed E-state index contributed by atoms with van der Waals surface area (Å²) >= 11 is 3.53. The Morgan fingerprint density at radius 2 is 2.11 bits per heavy atom. The van der Waals surface area contributed by atoms with Crippen LogP contribution < -0.4 is 4.90 Å². The van der Waals surface area contributed by atoms with Crippen LogP contribution in [0.25, 0.3) is 5.65 Å². The van der Waals surface area contributed by atoms with Crippen LogP contribution in [0.5, 0.6) is 0 Å². The summed E-state index contributed by atoms with van der Waals surface area (Å²) in [6, 6.07) is 4.52. The summed E-state index contributed by atoms with van der Waals surface area (Å²) in [5.74, 6) is 1.04. The highest BCUT2D eigenvalue weighted by atomic mass is 79.9. The first-order chi connectivity index (χ1) is 8.80. The van der Waals surface area contributed by atoms with E-state index in [1.54, 1.807) is 10.7 Å². The lowest BCUT2D eigenvalue weighted by molar-refractivity contribution is 0.563. The zero-order chi connectivity index (χ0) is 13.0. The monoisotopic (exact) mass is 310 g/mol. The van der Waals surface area contributed by atoms with Crippen molar-refractivity contribution in [2.75, 3.05) is 16.8 Å². The maximum absolute atomic E-state index is 4.68. The molecule has 0 fully saturated rings. The molecule has 0 radical (unpaired) electrons. The molecule has 5 heteroatoms. The van der Waals surface area contributed by atoms with Gasteiger partial charge in [0.2, 0.25) is 0 Å². The van der Waals surface area contributed by atoms with E-state index >= 15 is 0 Å². The Hall–Kier alpha value is -1.10. The number of rotatable bonds is 6. The van der Waals surface area contributed by atoms with Crippen molar-refractivity contribution in [1.82, 2.24) is 14.6 Å². The van der Waals surface area contributed by atoms with E-state index in [4.69, 9.17) is 0 Å². The molecule has 18 heavy (non-hydrogen) atoms. The van der Waals surface area contributed by atoms with Crippen LogP contribution in [0.1, 0.15) is 26.7 Å². The van der Waals surface area contributed by atoms with Crippen molar-refractivity contribution in [2.45, 2.75) is 32.7 Å². The number of aromatic nitrogens is 3. The van der Waals surface area contributed by atoms with Gasteiger partial charge in [0.05, 0.1) is 6.20 Å². The van der Waals surface area contributed by atoms with Gasteiger partial charge < -0.3 is 4.90 Å². The van der Waals surface area contributed by atoms with Crippen molar-refractivity contribution >= 4 is 27.4 Å². The third kappa shape index (κ3) is 2.66. The minimum Gasteiger partial charge on any atom is -0.353 e. The van der Waals surface area contributed by atoms with Crippen molar-refractivity contribution in [3.63, 3.8) is 0 Å². The van der Waals surface area contributed by atoms with Gasteiger partial charge in [0.25, 0.3) is 0 Å². The molecule has 2 rings (SSSR count). The number of nitrogens with zero attached hydrogens (tertiary/aromatic N) is 4. The van der Waals surface area contributed by atoms with E-state index in [0.29, 0.717) is 6.04 Å². The van der Waals surface area contributed by atoms with E-state index < -0.39 is 0 Å².